The zero-order chi connectivity index (χ0) is 15.8. The maximum Gasteiger partial charge on any atom is 0.262 e. The number of anilines is 2. The third-order valence-electron chi connectivity index (χ3n) is 2.95. The second-order valence-corrected chi connectivity index (χ2v) is 6.83. The number of rotatable bonds is 3. The Labute approximate surface area is 127 Å². The van der Waals surface area contributed by atoms with Crippen LogP contribution >= 0.6 is 11.6 Å². The minimum Gasteiger partial charge on any atom is -0.398 e. The van der Waals surface area contributed by atoms with Gasteiger partial charge in [-0.25, -0.2) is 12.8 Å². The second kappa shape index (κ2) is 5.54. The molecular formula is C14H14ClFN2O2S. The Morgan fingerprint density at radius 3 is 2.43 bits per heavy atom. The normalized spacial score (nSPS) is 11.4. The summed E-state index contributed by atoms with van der Waals surface area (Å²) >= 11 is 5.85. The first kappa shape index (κ1) is 15.6. The van der Waals surface area contributed by atoms with Crippen molar-refractivity contribution in [2.24, 2.45) is 0 Å². The summed E-state index contributed by atoms with van der Waals surface area (Å²) in [4.78, 5) is -0.0329. The summed E-state index contributed by atoms with van der Waals surface area (Å²) in [6.45, 7) is 3.25. The molecule has 2 aromatic carbocycles. The van der Waals surface area contributed by atoms with Crippen molar-refractivity contribution >= 4 is 33.0 Å². The molecule has 0 aromatic heterocycles. The molecule has 2 aromatic rings. The summed E-state index contributed by atoms with van der Waals surface area (Å²) in [6.07, 6.45) is 0. The van der Waals surface area contributed by atoms with Gasteiger partial charge in [0.2, 0.25) is 0 Å². The second-order valence-electron chi connectivity index (χ2n) is 4.74. The van der Waals surface area contributed by atoms with Crippen molar-refractivity contribution in [2.75, 3.05) is 10.5 Å². The molecule has 112 valence electrons. The molecule has 0 bridgehead atoms. The molecule has 0 aliphatic rings. The van der Waals surface area contributed by atoms with Gasteiger partial charge in [-0.15, -0.1) is 0 Å². The highest BCUT2D eigenvalue weighted by Gasteiger charge is 2.19. The fourth-order valence-electron chi connectivity index (χ4n) is 1.96. The zero-order valence-corrected chi connectivity index (χ0v) is 13.0. The molecule has 7 heteroatoms. The number of nitrogens with one attached hydrogen (secondary N) is 1. The van der Waals surface area contributed by atoms with Crippen molar-refractivity contribution in [3.8, 4) is 0 Å². The van der Waals surface area contributed by atoms with E-state index in [1.807, 2.05) is 0 Å². The van der Waals surface area contributed by atoms with E-state index in [1.54, 1.807) is 13.8 Å². The van der Waals surface area contributed by atoms with Gasteiger partial charge in [-0.3, -0.25) is 4.72 Å². The van der Waals surface area contributed by atoms with E-state index < -0.39 is 15.8 Å². The van der Waals surface area contributed by atoms with Crippen LogP contribution in [0, 0.1) is 19.7 Å². The Kier molecular flexibility index (Phi) is 4.11. The third kappa shape index (κ3) is 3.46. The van der Waals surface area contributed by atoms with E-state index in [4.69, 9.17) is 17.3 Å². The van der Waals surface area contributed by atoms with Crippen LogP contribution in [-0.4, -0.2) is 8.42 Å². The number of hydrogen-bond donors (Lipinski definition) is 2. The van der Waals surface area contributed by atoms with Gasteiger partial charge >= 0.3 is 0 Å². The van der Waals surface area contributed by atoms with Gasteiger partial charge in [-0.2, -0.15) is 0 Å². The fourth-order valence-corrected chi connectivity index (χ4v) is 3.59. The van der Waals surface area contributed by atoms with Gasteiger partial charge < -0.3 is 5.73 Å². The van der Waals surface area contributed by atoms with E-state index >= 15 is 0 Å². The summed E-state index contributed by atoms with van der Waals surface area (Å²) < 4.78 is 40.5. The standard InChI is InChI=1S/C14H14ClFN2O2S/c1-8-3-11(16)7-12(4-8)18-21(19,20)14-6-10(15)5-13(17)9(14)2/h3-7,18H,17H2,1-2H3. The summed E-state index contributed by atoms with van der Waals surface area (Å²) in [5.74, 6) is -0.518. The minimum atomic E-state index is -3.90. The molecule has 4 nitrogen and oxygen atoms in total. The number of sulfonamides is 1. The van der Waals surface area contributed by atoms with Crippen molar-refractivity contribution in [3.63, 3.8) is 0 Å². The Morgan fingerprint density at radius 1 is 1.14 bits per heavy atom. The first-order valence-corrected chi connectivity index (χ1v) is 7.91. The van der Waals surface area contributed by atoms with Crippen LogP contribution in [0.2, 0.25) is 5.02 Å². The molecule has 0 heterocycles. The molecule has 0 aliphatic carbocycles. The SMILES string of the molecule is Cc1cc(F)cc(NS(=O)(=O)c2cc(Cl)cc(N)c2C)c1. The van der Waals surface area contributed by atoms with Crippen molar-refractivity contribution in [2.45, 2.75) is 18.7 Å². The quantitative estimate of drug-likeness (QED) is 0.847. The highest BCUT2D eigenvalue weighted by molar-refractivity contribution is 7.92. The molecule has 0 spiro atoms. The average molecular weight is 329 g/mol. The van der Waals surface area contributed by atoms with Gasteiger partial charge in [0, 0.05) is 10.7 Å². The predicted octanol–water partition coefficient (Wildman–Crippen LogP) is 3.48. The first-order chi connectivity index (χ1) is 9.69. The van der Waals surface area contributed by atoms with Gasteiger partial charge in [-0.1, -0.05) is 11.6 Å². The summed E-state index contributed by atoms with van der Waals surface area (Å²) in [6, 6.07) is 6.72. The monoisotopic (exact) mass is 328 g/mol. The van der Waals surface area contributed by atoms with Crippen molar-refractivity contribution in [1.82, 2.24) is 0 Å². The fraction of sp³-hybridized carbons (Fsp3) is 0.143. The van der Waals surface area contributed by atoms with Crippen LogP contribution in [0.3, 0.4) is 0 Å². The molecule has 21 heavy (non-hydrogen) atoms. The maximum atomic E-state index is 13.3. The summed E-state index contributed by atoms with van der Waals surface area (Å²) in [5.41, 5.74) is 7.14. The van der Waals surface area contributed by atoms with E-state index in [1.165, 1.54) is 24.3 Å². The molecule has 0 amide bonds. The minimum absolute atomic E-state index is 0.0329. The largest absolute Gasteiger partial charge is 0.398 e. The van der Waals surface area contributed by atoms with Gasteiger partial charge in [0.25, 0.3) is 10.0 Å². The number of aryl methyl sites for hydroxylation is 1. The topological polar surface area (TPSA) is 72.2 Å². The lowest BCUT2D eigenvalue weighted by Gasteiger charge is -2.13. The number of hydrogen-bond acceptors (Lipinski definition) is 3. The molecule has 0 saturated carbocycles. The van der Waals surface area contributed by atoms with Crippen molar-refractivity contribution in [3.05, 3.63) is 52.3 Å². The van der Waals surface area contributed by atoms with Gasteiger partial charge in [0.15, 0.2) is 0 Å². The highest BCUT2D eigenvalue weighted by Crippen LogP contribution is 2.27. The van der Waals surface area contributed by atoms with Crippen LogP contribution in [0.25, 0.3) is 0 Å². The van der Waals surface area contributed by atoms with E-state index in [9.17, 15) is 12.8 Å². The molecule has 0 unspecified atom stereocenters. The van der Waals surface area contributed by atoms with Crippen LogP contribution in [0.4, 0.5) is 15.8 Å². The van der Waals surface area contributed by atoms with Gasteiger partial charge in [0.05, 0.1) is 10.6 Å². The van der Waals surface area contributed by atoms with Crippen LogP contribution in [0.15, 0.2) is 35.2 Å². The summed E-state index contributed by atoms with van der Waals surface area (Å²) in [5, 5.41) is 0.217. The molecule has 0 saturated heterocycles. The lowest BCUT2D eigenvalue weighted by Crippen LogP contribution is -2.15. The van der Waals surface area contributed by atoms with Crippen molar-refractivity contribution in [1.29, 1.82) is 0 Å². The number of halogens is 2. The highest BCUT2D eigenvalue weighted by atomic mass is 35.5. The smallest absolute Gasteiger partial charge is 0.262 e. The van der Waals surface area contributed by atoms with Crippen LogP contribution in [0.5, 0.6) is 0 Å². The first-order valence-electron chi connectivity index (χ1n) is 6.04. The molecule has 0 radical (unpaired) electrons. The number of benzene rings is 2. The maximum absolute atomic E-state index is 13.3. The molecule has 2 rings (SSSR count). The van der Waals surface area contributed by atoms with Gasteiger partial charge in [-0.05, 0) is 55.3 Å². The van der Waals surface area contributed by atoms with Crippen LogP contribution in [-0.2, 0) is 10.0 Å². The lowest BCUT2D eigenvalue weighted by molar-refractivity contribution is 0.600. The van der Waals surface area contributed by atoms with E-state index in [0.717, 1.165) is 6.07 Å². The molecule has 3 N–H and O–H groups in total. The zero-order valence-electron chi connectivity index (χ0n) is 11.4. The van der Waals surface area contributed by atoms with Gasteiger partial charge in [0.1, 0.15) is 5.82 Å². The Balaban J connectivity index is 2.48. The molecule has 0 aliphatic heterocycles. The summed E-state index contributed by atoms with van der Waals surface area (Å²) in [7, 11) is -3.90. The van der Waals surface area contributed by atoms with E-state index in [0.29, 0.717) is 11.1 Å². The lowest BCUT2D eigenvalue weighted by atomic mass is 10.2. The predicted molar refractivity (Wildman–Crippen MR) is 82.5 cm³/mol. The van der Waals surface area contributed by atoms with Crippen LogP contribution in [0.1, 0.15) is 11.1 Å². The van der Waals surface area contributed by atoms with Crippen LogP contribution < -0.4 is 10.5 Å². The molecule has 0 fully saturated rings. The molecule has 0 atom stereocenters. The Hall–Kier alpha value is -1.79. The number of nitrogens with two attached hydrogens (primary N) is 1. The van der Waals surface area contributed by atoms with E-state index in [-0.39, 0.29) is 21.3 Å². The van der Waals surface area contributed by atoms with E-state index in [2.05, 4.69) is 4.72 Å². The average Bonchev–Trinajstić information content (AvgIpc) is 2.31. The Bertz CT molecular complexity index is 787. The Morgan fingerprint density at radius 2 is 1.81 bits per heavy atom. The third-order valence-corrected chi connectivity index (χ3v) is 4.67. The number of nitrogen functional groups attached to an aromatic ring is 1. The van der Waals surface area contributed by atoms with Crippen molar-refractivity contribution < 1.29 is 12.8 Å². The molecular weight excluding hydrogens is 315 g/mol.